The van der Waals surface area contributed by atoms with Crippen LogP contribution >= 0.6 is 31.9 Å². The monoisotopic (exact) mass is 524 g/mol. The Morgan fingerprint density at radius 1 is 1.14 bits per heavy atom. The molecule has 0 amide bonds. The number of ether oxygens (including phenoxy) is 1. The second-order valence-corrected chi connectivity index (χ2v) is 8.41. The molecule has 29 heavy (non-hydrogen) atoms. The van der Waals surface area contributed by atoms with E-state index in [4.69, 9.17) is 14.3 Å². The van der Waals surface area contributed by atoms with Gasteiger partial charge in [0.05, 0.1) is 21.1 Å². The molecule has 0 aliphatic carbocycles. The van der Waals surface area contributed by atoms with Gasteiger partial charge in [0.1, 0.15) is 22.8 Å². The molecule has 0 aliphatic rings. The minimum absolute atomic E-state index is 0.0504. The number of furan rings is 1. The number of ketones is 1. The number of unbranched alkanes of at least 4 members (excludes halogenated alkanes) is 1. The van der Waals surface area contributed by atoms with Gasteiger partial charge in [-0.1, -0.05) is 13.3 Å². The summed E-state index contributed by atoms with van der Waals surface area (Å²) >= 11 is 6.58. The van der Waals surface area contributed by atoms with Gasteiger partial charge in [0, 0.05) is 36.5 Å². The van der Waals surface area contributed by atoms with E-state index in [0.717, 1.165) is 18.2 Å². The Morgan fingerprint density at radius 2 is 1.86 bits per heavy atom. The lowest BCUT2D eigenvalue weighted by atomic mass is 9.98. The number of aliphatic hydroxyl groups excluding tert-OH is 1. The van der Waals surface area contributed by atoms with Crippen molar-refractivity contribution in [1.29, 1.82) is 0 Å². The summed E-state index contributed by atoms with van der Waals surface area (Å²) in [5, 5.41) is 19.6. The van der Waals surface area contributed by atoms with E-state index in [1.54, 1.807) is 24.3 Å². The lowest BCUT2D eigenvalue weighted by Crippen LogP contribution is -2.04. The smallest absolute Gasteiger partial charge is 0.197 e. The molecule has 5 nitrogen and oxygen atoms in total. The zero-order valence-corrected chi connectivity index (χ0v) is 19.2. The highest BCUT2D eigenvalue weighted by Gasteiger charge is 2.23. The summed E-state index contributed by atoms with van der Waals surface area (Å²) in [6.07, 6.45) is 3.10. The number of aliphatic hydroxyl groups is 1. The van der Waals surface area contributed by atoms with Crippen LogP contribution < -0.4 is 4.74 Å². The zero-order chi connectivity index (χ0) is 21.0. The number of aryl methyl sites for hydroxylation is 1. The van der Waals surface area contributed by atoms with Gasteiger partial charge in [-0.2, -0.15) is 0 Å². The quantitative estimate of drug-likeness (QED) is 0.264. The maximum Gasteiger partial charge on any atom is 0.197 e. The van der Waals surface area contributed by atoms with Crippen molar-refractivity contribution < 1.29 is 24.2 Å². The first-order chi connectivity index (χ1) is 14.0. The minimum atomic E-state index is -0.162. The average molecular weight is 526 g/mol. The Kier molecular flexibility index (Phi) is 7.38. The van der Waals surface area contributed by atoms with Crippen LogP contribution in [0.25, 0.3) is 11.0 Å². The van der Waals surface area contributed by atoms with Crippen molar-refractivity contribution in [2.75, 3.05) is 13.2 Å². The first-order valence-electron chi connectivity index (χ1n) is 9.48. The van der Waals surface area contributed by atoms with Crippen molar-refractivity contribution in [2.45, 2.75) is 32.6 Å². The Hall–Kier alpha value is -1.83. The summed E-state index contributed by atoms with van der Waals surface area (Å²) in [7, 11) is 0. The topological polar surface area (TPSA) is 79.9 Å². The second-order valence-electron chi connectivity index (χ2n) is 6.71. The van der Waals surface area contributed by atoms with Crippen LogP contribution in [0.3, 0.4) is 0 Å². The number of halogens is 2. The average Bonchev–Trinajstić information content (AvgIpc) is 3.07. The first-order valence-corrected chi connectivity index (χ1v) is 11.1. The third-order valence-corrected chi connectivity index (χ3v) is 5.78. The van der Waals surface area contributed by atoms with Crippen LogP contribution in [0.15, 0.2) is 43.7 Å². The van der Waals surface area contributed by atoms with Crippen molar-refractivity contribution in [1.82, 2.24) is 0 Å². The molecule has 0 spiro atoms. The number of carbonyl (C=O) groups excluding carboxylic acids is 1. The van der Waals surface area contributed by atoms with E-state index < -0.39 is 0 Å². The molecule has 1 heterocycles. The van der Waals surface area contributed by atoms with Gasteiger partial charge in [-0.25, -0.2) is 0 Å². The van der Waals surface area contributed by atoms with E-state index >= 15 is 0 Å². The van der Waals surface area contributed by atoms with E-state index in [9.17, 15) is 9.90 Å². The van der Waals surface area contributed by atoms with Crippen LogP contribution in [-0.4, -0.2) is 29.2 Å². The van der Waals surface area contributed by atoms with Crippen LogP contribution in [-0.2, 0) is 6.42 Å². The number of hydrogen-bond donors (Lipinski definition) is 2. The van der Waals surface area contributed by atoms with E-state index in [1.807, 2.05) is 6.07 Å². The Labute approximate surface area is 185 Å². The highest BCUT2D eigenvalue weighted by Crippen LogP contribution is 2.36. The van der Waals surface area contributed by atoms with E-state index in [1.165, 1.54) is 0 Å². The van der Waals surface area contributed by atoms with E-state index in [-0.39, 0.29) is 18.1 Å². The standard InChI is InChI=1S/C22H22Br2O5/c1-2-3-5-18-20(21(26)13-10-16(23)22(27)17(24)11-13)15-7-6-14(12-19(15)29-18)28-9-4-8-25/h6-7,10-12,25,27H,2-5,8-9H2,1H3. The number of hydrogen-bond acceptors (Lipinski definition) is 5. The molecule has 0 fully saturated rings. The van der Waals surface area contributed by atoms with Gasteiger partial charge in [-0.05, 0) is 62.5 Å². The maximum absolute atomic E-state index is 13.4. The molecule has 0 saturated carbocycles. The van der Waals surface area contributed by atoms with Gasteiger partial charge in [0.15, 0.2) is 5.78 Å². The normalized spacial score (nSPS) is 11.2. The van der Waals surface area contributed by atoms with Crippen LogP contribution in [0, 0.1) is 0 Å². The summed E-state index contributed by atoms with van der Waals surface area (Å²) in [4.78, 5) is 13.4. The van der Waals surface area contributed by atoms with Gasteiger partial charge in [-0.3, -0.25) is 4.79 Å². The molecule has 2 N–H and O–H groups in total. The lowest BCUT2D eigenvalue weighted by molar-refractivity contribution is 0.103. The molecular formula is C22H22Br2O5. The fourth-order valence-electron chi connectivity index (χ4n) is 3.08. The molecule has 0 atom stereocenters. The van der Waals surface area contributed by atoms with Gasteiger partial charge in [0.25, 0.3) is 0 Å². The molecule has 2 aromatic carbocycles. The SMILES string of the molecule is CCCCc1oc2cc(OCCCO)ccc2c1C(=O)c1cc(Br)c(O)c(Br)c1. The van der Waals surface area contributed by atoms with Crippen LogP contribution in [0.2, 0.25) is 0 Å². The molecule has 0 bridgehead atoms. The molecule has 0 radical (unpaired) electrons. The molecule has 7 heteroatoms. The Morgan fingerprint density at radius 3 is 2.52 bits per heavy atom. The number of phenolic OH excluding ortho intramolecular Hbond substituents is 1. The predicted octanol–water partition coefficient (Wildman–Crippen LogP) is 6.00. The van der Waals surface area contributed by atoms with E-state index in [0.29, 0.717) is 56.6 Å². The number of benzene rings is 2. The molecule has 3 aromatic rings. The van der Waals surface area contributed by atoms with Crippen molar-refractivity contribution in [3.63, 3.8) is 0 Å². The number of fused-ring (bicyclic) bond motifs is 1. The molecule has 3 rings (SSSR count). The molecular weight excluding hydrogens is 504 g/mol. The molecule has 1 aromatic heterocycles. The third-order valence-electron chi connectivity index (χ3n) is 4.57. The second kappa shape index (κ2) is 9.78. The largest absolute Gasteiger partial charge is 0.506 e. The Balaban J connectivity index is 2.05. The van der Waals surface area contributed by atoms with Gasteiger partial charge in [0.2, 0.25) is 0 Å². The van der Waals surface area contributed by atoms with Crippen LogP contribution in [0.1, 0.15) is 47.9 Å². The minimum Gasteiger partial charge on any atom is -0.506 e. The van der Waals surface area contributed by atoms with Crippen molar-refractivity contribution >= 4 is 48.6 Å². The van der Waals surface area contributed by atoms with Gasteiger partial charge in [-0.15, -0.1) is 0 Å². The van der Waals surface area contributed by atoms with E-state index in [2.05, 4.69) is 38.8 Å². The lowest BCUT2D eigenvalue weighted by Gasteiger charge is -2.07. The van der Waals surface area contributed by atoms with Crippen molar-refractivity contribution in [2.24, 2.45) is 0 Å². The fourth-order valence-corrected chi connectivity index (χ4v) is 4.26. The first kappa shape index (κ1) is 21.9. The number of phenols is 1. The molecule has 154 valence electrons. The van der Waals surface area contributed by atoms with Crippen LogP contribution in [0.4, 0.5) is 0 Å². The number of aromatic hydroxyl groups is 1. The highest BCUT2D eigenvalue weighted by atomic mass is 79.9. The third kappa shape index (κ3) is 4.85. The van der Waals surface area contributed by atoms with Crippen molar-refractivity contribution in [3.05, 3.63) is 56.2 Å². The van der Waals surface area contributed by atoms with Crippen LogP contribution in [0.5, 0.6) is 11.5 Å². The predicted molar refractivity (Wildman–Crippen MR) is 119 cm³/mol. The fraction of sp³-hybridized carbons (Fsp3) is 0.318. The summed E-state index contributed by atoms with van der Waals surface area (Å²) in [5.41, 5.74) is 1.59. The summed E-state index contributed by atoms with van der Waals surface area (Å²) in [5.74, 6) is 1.18. The summed E-state index contributed by atoms with van der Waals surface area (Å²) in [6, 6.07) is 8.63. The highest BCUT2D eigenvalue weighted by molar-refractivity contribution is 9.11. The van der Waals surface area contributed by atoms with Gasteiger partial charge < -0.3 is 19.4 Å². The number of carbonyl (C=O) groups is 1. The summed E-state index contributed by atoms with van der Waals surface area (Å²) in [6.45, 7) is 2.57. The molecule has 0 aliphatic heterocycles. The number of rotatable bonds is 9. The van der Waals surface area contributed by atoms with Gasteiger partial charge >= 0.3 is 0 Å². The summed E-state index contributed by atoms with van der Waals surface area (Å²) < 4.78 is 12.6. The maximum atomic E-state index is 13.4. The van der Waals surface area contributed by atoms with Crippen molar-refractivity contribution in [3.8, 4) is 11.5 Å². The zero-order valence-electron chi connectivity index (χ0n) is 16.0. The molecule has 0 saturated heterocycles. The Bertz CT molecular complexity index is 1000. The molecule has 0 unspecified atom stereocenters.